The van der Waals surface area contributed by atoms with Crippen LogP contribution >= 0.6 is 0 Å². The lowest BCUT2D eigenvalue weighted by Crippen LogP contribution is -2.44. The smallest absolute Gasteiger partial charge is 0.329 e. The molecule has 0 bridgehead atoms. The lowest BCUT2D eigenvalue weighted by molar-refractivity contribution is -0.142. The van der Waals surface area contributed by atoms with E-state index in [0.29, 0.717) is 19.6 Å². The second kappa shape index (κ2) is 7.28. The van der Waals surface area contributed by atoms with E-state index in [0.717, 1.165) is 6.42 Å². The molecule has 2 N–H and O–H groups in total. The normalized spacial score (nSPS) is 15.8. The molecule has 1 aliphatic heterocycles. The van der Waals surface area contributed by atoms with Gasteiger partial charge in [0.1, 0.15) is 6.61 Å². The van der Waals surface area contributed by atoms with Crippen molar-refractivity contribution in [3.8, 4) is 0 Å². The fourth-order valence-electron chi connectivity index (χ4n) is 2.04. The SMILES string of the molecule is CC(C)(C)C1=CCN(C(=O)NCCOCC(=O)O)CC1. The molecular formula is C14H24N2O4. The zero-order valence-corrected chi connectivity index (χ0v) is 12.4. The Hall–Kier alpha value is -1.56. The third-order valence-electron chi connectivity index (χ3n) is 3.21. The van der Waals surface area contributed by atoms with Crippen molar-refractivity contribution in [2.45, 2.75) is 27.2 Å². The van der Waals surface area contributed by atoms with E-state index in [2.05, 4.69) is 32.2 Å². The topological polar surface area (TPSA) is 78.9 Å². The number of carboxylic acid groups (broad SMARTS) is 1. The Morgan fingerprint density at radius 3 is 2.65 bits per heavy atom. The van der Waals surface area contributed by atoms with Gasteiger partial charge in [0, 0.05) is 19.6 Å². The molecule has 0 unspecified atom stereocenters. The molecule has 2 amide bonds. The number of nitrogens with zero attached hydrogens (tertiary/aromatic N) is 1. The Balaban J connectivity index is 2.26. The fraction of sp³-hybridized carbons (Fsp3) is 0.714. The Bertz CT molecular complexity index is 385. The predicted molar refractivity (Wildman–Crippen MR) is 75.6 cm³/mol. The molecule has 6 heteroatoms. The van der Waals surface area contributed by atoms with Crippen LogP contribution in [0, 0.1) is 5.41 Å². The summed E-state index contributed by atoms with van der Waals surface area (Å²) in [6.07, 6.45) is 3.01. The van der Waals surface area contributed by atoms with Gasteiger partial charge in [0.05, 0.1) is 6.61 Å². The van der Waals surface area contributed by atoms with Gasteiger partial charge in [-0.05, 0) is 11.8 Å². The molecule has 0 aromatic rings. The molecule has 0 fully saturated rings. The highest BCUT2D eigenvalue weighted by Crippen LogP contribution is 2.29. The summed E-state index contributed by atoms with van der Waals surface area (Å²) in [5.41, 5.74) is 1.54. The minimum atomic E-state index is -1.01. The summed E-state index contributed by atoms with van der Waals surface area (Å²) >= 11 is 0. The van der Waals surface area contributed by atoms with Crippen LogP contribution in [0.1, 0.15) is 27.2 Å². The van der Waals surface area contributed by atoms with Crippen LogP contribution in [0.3, 0.4) is 0 Å². The number of nitrogens with one attached hydrogen (secondary N) is 1. The van der Waals surface area contributed by atoms with E-state index in [4.69, 9.17) is 9.84 Å². The summed E-state index contributed by atoms with van der Waals surface area (Å²) in [6.45, 7) is 8.04. The number of urea groups is 1. The number of carbonyl (C=O) groups excluding carboxylic acids is 1. The average Bonchev–Trinajstić information content (AvgIpc) is 2.37. The minimum Gasteiger partial charge on any atom is -0.480 e. The second-order valence-electron chi connectivity index (χ2n) is 5.85. The van der Waals surface area contributed by atoms with Gasteiger partial charge in [0.15, 0.2) is 0 Å². The van der Waals surface area contributed by atoms with Crippen LogP contribution in [-0.4, -0.2) is 54.9 Å². The molecule has 1 rings (SSSR count). The lowest BCUT2D eigenvalue weighted by Gasteiger charge is -2.32. The third kappa shape index (κ3) is 5.61. The molecule has 0 saturated carbocycles. The molecule has 6 nitrogen and oxygen atoms in total. The summed E-state index contributed by atoms with van der Waals surface area (Å²) in [6, 6.07) is -0.131. The number of ether oxygens (including phenoxy) is 1. The van der Waals surface area contributed by atoms with Crippen molar-refractivity contribution in [3.63, 3.8) is 0 Å². The van der Waals surface area contributed by atoms with Gasteiger partial charge in [-0.15, -0.1) is 0 Å². The molecule has 0 aliphatic carbocycles. The standard InChI is InChI=1S/C14H24N2O4/c1-14(2,3)11-4-7-16(8-5-11)13(19)15-6-9-20-10-12(17)18/h4H,5-10H2,1-3H3,(H,15,19)(H,17,18). The van der Waals surface area contributed by atoms with Gasteiger partial charge in [-0.1, -0.05) is 32.4 Å². The van der Waals surface area contributed by atoms with Crippen LogP contribution in [0.25, 0.3) is 0 Å². The zero-order chi connectivity index (χ0) is 15.2. The maximum Gasteiger partial charge on any atom is 0.329 e. The van der Waals surface area contributed by atoms with Crippen LogP contribution in [0.2, 0.25) is 0 Å². The molecule has 0 radical (unpaired) electrons. The minimum absolute atomic E-state index is 0.131. The molecule has 0 aromatic carbocycles. The van der Waals surface area contributed by atoms with Gasteiger partial charge in [-0.25, -0.2) is 9.59 Å². The van der Waals surface area contributed by atoms with Crippen LogP contribution in [-0.2, 0) is 9.53 Å². The number of carbonyl (C=O) groups is 2. The monoisotopic (exact) mass is 284 g/mol. The van der Waals surface area contributed by atoms with E-state index < -0.39 is 5.97 Å². The molecule has 1 heterocycles. The van der Waals surface area contributed by atoms with Crippen LogP contribution < -0.4 is 5.32 Å². The number of rotatable bonds is 5. The van der Waals surface area contributed by atoms with Crippen molar-refractivity contribution >= 4 is 12.0 Å². The molecule has 0 saturated heterocycles. The molecule has 20 heavy (non-hydrogen) atoms. The highest BCUT2D eigenvalue weighted by Gasteiger charge is 2.23. The van der Waals surface area contributed by atoms with E-state index in [1.54, 1.807) is 4.90 Å². The fourth-order valence-corrected chi connectivity index (χ4v) is 2.04. The van der Waals surface area contributed by atoms with Gasteiger partial charge in [-0.2, -0.15) is 0 Å². The van der Waals surface area contributed by atoms with E-state index in [1.807, 2.05) is 0 Å². The van der Waals surface area contributed by atoms with Gasteiger partial charge >= 0.3 is 12.0 Å². The van der Waals surface area contributed by atoms with Crippen molar-refractivity contribution in [2.75, 3.05) is 32.8 Å². The Kier molecular flexibility index (Phi) is 6.01. The maximum atomic E-state index is 11.9. The quantitative estimate of drug-likeness (QED) is 0.592. The van der Waals surface area contributed by atoms with Crippen molar-refractivity contribution in [1.82, 2.24) is 10.2 Å². The average molecular weight is 284 g/mol. The predicted octanol–water partition coefficient (Wildman–Crippen LogP) is 1.48. The summed E-state index contributed by atoms with van der Waals surface area (Å²) in [4.78, 5) is 23.8. The molecule has 0 spiro atoms. The summed E-state index contributed by atoms with van der Waals surface area (Å²) in [5, 5.41) is 11.1. The molecule has 0 atom stereocenters. The van der Waals surface area contributed by atoms with Crippen LogP contribution in [0.4, 0.5) is 4.79 Å². The van der Waals surface area contributed by atoms with Crippen molar-refractivity contribution in [3.05, 3.63) is 11.6 Å². The Morgan fingerprint density at radius 1 is 1.45 bits per heavy atom. The number of amides is 2. The first-order valence-corrected chi connectivity index (χ1v) is 6.82. The number of hydrogen-bond acceptors (Lipinski definition) is 3. The maximum absolute atomic E-state index is 11.9. The van der Waals surface area contributed by atoms with Crippen molar-refractivity contribution in [2.24, 2.45) is 5.41 Å². The van der Waals surface area contributed by atoms with E-state index in [1.165, 1.54) is 5.57 Å². The summed E-state index contributed by atoms with van der Waals surface area (Å²) in [5.74, 6) is -1.01. The highest BCUT2D eigenvalue weighted by molar-refractivity contribution is 5.74. The van der Waals surface area contributed by atoms with Crippen LogP contribution in [0.15, 0.2) is 11.6 Å². The van der Waals surface area contributed by atoms with Gasteiger partial charge in [-0.3, -0.25) is 0 Å². The van der Waals surface area contributed by atoms with E-state index in [-0.39, 0.29) is 24.7 Å². The molecule has 1 aliphatic rings. The molecule has 0 aromatic heterocycles. The summed E-state index contributed by atoms with van der Waals surface area (Å²) < 4.78 is 4.85. The zero-order valence-electron chi connectivity index (χ0n) is 12.4. The Labute approximate surface area is 119 Å². The van der Waals surface area contributed by atoms with Gasteiger partial charge in [0.25, 0.3) is 0 Å². The number of hydrogen-bond donors (Lipinski definition) is 2. The highest BCUT2D eigenvalue weighted by atomic mass is 16.5. The molecular weight excluding hydrogens is 260 g/mol. The first-order valence-electron chi connectivity index (χ1n) is 6.82. The van der Waals surface area contributed by atoms with Gasteiger partial charge in [0.2, 0.25) is 0 Å². The third-order valence-corrected chi connectivity index (χ3v) is 3.21. The van der Waals surface area contributed by atoms with Crippen molar-refractivity contribution < 1.29 is 19.4 Å². The molecule has 114 valence electrons. The first-order chi connectivity index (χ1) is 9.30. The summed E-state index contributed by atoms with van der Waals surface area (Å²) in [7, 11) is 0. The second-order valence-corrected chi connectivity index (χ2v) is 5.85. The van der Waals surface area contributed by atoms with E-state index >= 15 is 0 Å². The van der Waals surface area contributed by atoms with Gasteiger partial charge < -0.3 is 20.1 Å². The largest absolute Gasteiger partial charge is 0.480 e. The van der Waals surface area contributed by atoms with E-state index in [9.17, 15) is 9.59 Å². The number of aliphatic carboxylic acids is 1. The number of carboxylic acids is 1. The first kappa shape index (κ1) is 16.5. The Morgan fingerprint density at radius 2 is 2.15 bits per heavy atom. The van der Waals surface area contributed by atoms with Crippen LogP contribution in [0.5, 0.6) is 0 Å². The lowest BCUT2D eigenvalue weighted by atomic mass is 9.83. The van der Waals surface area contributed by atoms with Crippen molar-refractivity contribution in [1.29, 1.82) is 0 Å².